The van der Waals surface area contributed by atoms with Gasteiger partial charge in [-0.05, 0) is 50.5 Å². The number of aliphatic hydroxyl groups excluding tert-OH is 1. The molecule has 0 aliphatic carbocycles. The average Bonchev–Trinajstić information content (AvgIpc) is 3.13. The summed E-state index contributed by atoms with van der Waals surface area (Å²) in [4.78, 5) is 15.0. The van der Waals surface area contributed by atoms with Crippen molar-refractivity contribution in [3.05, 3.63) is 34.7 Å². The van der Waals surface area contributed by atoms with Crippen LogP contribution in [0.25, 0.3) is 0 Å². The van der Waals surface area contributed by atoms with Gasteiger partial charge in [-0.1, -0.05) is 11.2 Å². The van der Waals surface area contributed by atoms with Crippen LogP contribution in [0.15, 0.2) is 16.5 Å². The number of carboxylic acid groups (broad SMARTS) is 1. The molecule has 1 fully saturated rings. The molecule has 3 rings (SSSR count). The van der Waals surface area contributed by atoms with Crippen LogP contribution in [-0.4, -0.2) is 68.1 Å². The first-order chi connectivity index (χ1) is 14.2. The first-order valence-electron chi connectivity index (χ1n) is 10.0. The summed E-state index contributed by atoms with van der Waals surface area (Å²) in [7, 11) is 0. The van der Waals surface area contributed by atoms with Crippen molar-refractivity contribution in [2.24, 2.45) is 5.73 Å². The molecule has 5 N–H and O–H groups in total. The molecule has 1 amide bonds. The predicted molar refractivity (Wildman–Crippen MR) is 112 cm³/mol. The first kappa shape index (κ1) is 22.0. The Morgan fingerprint density at radius 3 is 2.73 bits per heavy atom. The van der Waals surface area contributed by atoms with Crippen molar-refractivity contribution in [1.29, 1.82) is 0 Å². The zero-order valence-corrected chi connectivity index (χ0v) is 17.8. The van der Waals surface area contributed by atoms with E-state index in [2.05, 4.69) is 26.5 Å². The highest BCUT2D eigenvalue weighted by molar-refractivity contribution is 5.65. The van der Waals surface area contributed by atoms with E-state index in [0.717, 1.165) is 28.9 Å². The summed E-state index contributed by atoms with van der Waals surface area (Å²) in [5, 5.41) is 29.9. The number of anilines is 2. The van der Waals surface area contributed by atoms with Gasteiger partial charge in [-0.15, -0.1) is 5.10 Å². The van der Waals surface area contributed by atoms with Gasteiger partial charge >= 0.3 is 12.1 Å². The minimum atomic E-state index is -0.866. The number of nitrogens with two attached hydrogens (primary N) is 1. The number of nitrogens with one attached hydrogen (secondary N) is 1. The monoisotopic (exact) mass is 418 g/mol. The molecule has 10 heteroatoms. The van der Waals surface area contributed by atoms with Crippen molar-refractivity contribution < 1.29 is 19.4 Å². The van der Waals surface area contributed by atoms with Crippen molar-refractivity contribution >= 4 is 17.8 Å². The van der Waals surface area contributed by atoms with Gasteiger partial charge < -0.3 is 30.6 Å². The summed E-state index contributed by atoms with van der Waals surface area (Å²) < 4.78 is 5.55. The molecule has 0 saturated carbocycles. The molecule has 10 nitrogen and oxygen atoms in total. The molecule has 1 aliphatic rings. The number of nitrogens with zero attached hydrogens (tertiary/aromatic N) is 4. The second kappa shape index (κ2) is 8.99. The Hall–Kier alpha value is -2.69. The third kappa shape index (κ3) is 4.89. The van der Waals surface area contributed by atoms with E-state index in [1.165, 1.54) is 4.90 Å². The normalized spacial score (nSPS) is 19.5. The van der Waals surface area contributed by atoms with Crippen LogP contribution in [0.1, 0.15) is 42.5 Å². The third-order valence-corrected chi connectivity index (χ3v) is 5.50. The molecule has 1 saturated heterocycles. The smallest absolute Gasteiger partial charge is 0.407 e. The van der Waals surface area contributed by atoms with Crippen molar-refractivity contribution in [3.63, 3.8) is 0 Å². The van der Waals surface area contributed by atoms with Crippen molar-refractivity contribution in [2.75, 3.05) is 25.0 Å². The number of rotatable bonds is 6. The lowest BCUT2D eigenvalue weighted by atomic mass is 10.0. The van der Waals surface area contributed by atoms with Gasteiger partial charge in [0.1, 0.15) is 6.04 Å². The van der Waals surface area contributed by atoms with Gasteiger partial charge in [-0.3, -0.25) is 4.90 Å². The number of aromatic nitrogens is 2. The number of aryl methyl sites for hydroxylation is 1. The van der Waals surface area contributed by atoms with Gasteiger partial charge in [0.15, 0.2) is 0 Å². The number of amides is 1. The Morgan fingerprint density at radius 1 is 1.37 bits per heavy atom. The van der Waals surface area contributed by atoms with E-state index in [9.17, 15) is 15.0 Å². The summed E-state index contributed by atoms with van der Waals surface area (Å²) >= 11 is 0. The van der Waals surface area contributed by atoms with Crippen LogP contribution >= 0.6 is 0 Å². The molecule has 1 aromatic carbocycles. The maximum absolute atomic E-state index is 11.3. The number of carbonyl (C=O) groups is 1. The van der Waals surface area contributed by atoms with E-state index in [4.69, 9.17) is 10.2 Å². The fraction of sp³-hybridized carbons (Fsp3) is 0.550. The summed E-state index contributed by atoms with van der Waals surface area (Å²) in [6.07, 6.45) is -1.66. The number of hydrogen-bond donors (Lipinski definition) is 4. The van der Waals surface area contributed by atoms with E-state index in [1.807, 2.05) is 26.8 Å². The van der Waals surface area contributed by atoms with Crippen molar-refractivity contribution in [3.8, 4) is 0 Å². The van der Waals surface area contributed by atoms with Gasteiger partial charge in [0, 0.05) is 37.9 Å². The molecule has 0 unspecified atom stereocenters. The van der Waals surface area contributed by atoms with Crippen LogP contribution in [0.5, 0.6) is 0 Å². The minimum absolute atomic E-state index is 0.0473. The Bertz CT molecular complexity index is 899. The largest absolute Gasteiger partial charge is 0.465 e. The van der Waals surface area contributed by atoms with Crippen LogP contribution in [0, 0.1) is 13.8 Å². The lowest BCUT2D eigenvalue weighted by Gasteiger charge is -2.38. The molecule has 0 spiro atoms. The molecule has 164 valence electrons. The summed E-state index contributed by atoms with van der Waals surface area (Å²) in [6, 6.07) is 3.56. The van der Waals surface area contributed by atoms with Crippen LogP contribution in [0.3, 0.4) is 0 Å². The maximum Gasteiger partial charge on any atom is 0.407 e. The fourth-order valence-electron chi connectivity index (χ4n) is 3.67. The van der Waals surface area contributed by atoms with E-state index < -0.39 is 18.2 Å². The molecular weight excluding hydrogens is 388 g/mol. The third-order valence-electron chi connectivity index (χ3n) is 5.50. The minimum Gasteiger partial charge on any atom is -0.465 e. The zero-order valence-electron chi connectivity index (χ0n) is 17.8. The Balaban J connectivity index is 1.74. The van der Waals surface area contributed by atoms with Crippen LogP contribution < -0.4 is 11.1 Å². The fourth-order valence-corrected chi connectivity index (χ4v) is 3.67. The molecule has 2 aromatic rings. The van der Waals surface area contributed by atoms with E-state index in [0.29, 0.717) is 19.6 Å². The quantitative estimate of drug-likeness (QED) is 0.554. The summed E-state index contributed by atoms with van der Waals surface area (Å²) in [6.45, 7) is 10.1. The lowest BCUT2D eigenvalue weighted by Crippen LogP contribution is -2.53. The summed E-state index contributed by atoms with van der Waals surface area (Å²) in [5.41, 5.74) is 9.97. The van der Waals surface area contributed by atoms with Gasteiger partial charge in [-0.2, -0.15) is 0 Å². The highest BCUT2D eigenvalue weighted by Crippen LogP contribution is 2.27. The molecule has 2 heterocycles. The van der Waals surface area contributed by atoms with Gasteiger partial charge in [0.05, 0.1) is 6.10 Å². The molecule has 1 aliphatic heterocycles. The lowest BCUT2D eigenvalue weighted by molar-refractivity contribution is 0.0710. The van der Waals surface area contributed by atoms with E-state index >= 15 is 0 Å². The maximum atomic E-state index is 11.3. The second-order valence-electron chi connectivity index (χ2n) is 7.99. The number of piperazine rings is 1. The molecule has 0 radical (unpaired) electrons. The molecular formula is C20H30N6O4. The van der Waals surface area contributed by atoms with Gasteiger partial charge in [0.25, 0.3) is 0 Å². The highest BCUT2D eigenvalue weighted by Gasteiger charge is 2.27. The molecule has 1 aromatic heterocycles. The molecule has 0 bridgehead atoms. The zero-order chi connectivity index (χ0) is 22.0. The topological polar surface area (TPSA) is 141 Å². The first-order valence-corrected chi connectivity index (χ1v) is 10.0. The van der Waals surface area contributed by atoms with Crippen LogP contribution in [-0.2, 0) is 6.54 Å². The van der Waals surface area contributed by atoms with Gasteiger partial charge in [0.2, 0.25) is 5.89 Å². The Morgan fingerprint density at radius 2 is 2.10 bits per heavy atom. The average molecular weight is 418 g/mol. The number of benzene rings is 1. The van der Waals surface area contributed by atoms with E-state index in [-0.39, 0.29) is 17.9 Å². The summed E-state index contributed by atoms with van der Waals surface area (Å²) in [5.74, 6) is 0.170. The Kier molecular flexibility index (Phi) is 6.59. The van der Waals surface area contributed by atoms with Crippen molar-refractivity contribution in [2.45, 2.75) is 52.4 Å². The van der Waals surface area contributed by atoms with E-state index in [1.54, 1.807) is 6.92 Å². The number of aliphatic hydroxyl groups is 1. The second-order valence-corrected chi connectivity index (χ2v) is 7.99. The highest BCUT2D eigenvalue weighted by atomic mass is 16.4. The van der Waals surface area contributed by atoms with Gasteiger partial charge in [-0.25, -0.2) is 4.79 Å². The van der Waals surface area contributed by atoms with Crippen LogP contribution in [0.4, 0.5) is 16.5 Å². The molecule has 30 heavy (non-hydrogen) atoms. The Labute approximate surface area is 175 Å². The molecule has 3 atom stereocenters. The predicted octanol–water partition coefficient (Wildman–Crippen LogP) is 1.99. The SMILES string of the molecule is Cc1cc(CN2CCN(C(=O)O)[C@@H](C)C2)c(C)c(Nc2nnc([C@@H](N)[C@@H](C)O)o2)c1. The number of hydrogen-bond acceptors (Lipinski definition) is 8. The van der Waals surface area contributed by atoms with Crippen molar-refractivity contribution in [1.82, 2.24) is 20.0 Å². The van der Waals surface area contributed by atoms with Crippen LogP contribution in [0.2, 0.25) is 0 Å². The standard InChI is InChI=1S/C20H30N6O4/c1-11-7-15(10-25-5-6-26(20(28)29)12(2)9-25)13(3)16(8-11)22-19-24-23-18(30-19)17(21)14(4)27/h7-8,12,14,17,27H,5-6,9-10,21H2,1-4H3,(H,22,24)(H,28,29)/t12-,14+,17-/m0/s1.